The van der Waals surface area contributed by atoms with E-state index < -0.39 is 0 Å². The molecule has 3 aromatic rings. The van der Waals surface area contributed by atoms with Gasteiger partial charge < -0.3 is 24.4 Å². The highest BCUT2D eigenvalue weighted by molar-refractivity contribution is 5.92. The first-order chi connectivity index (χ1) is 18.6. The van der Waals surface area contributed by atoms with Gasteiger partial charge in [0.2, 0.25) is 5.91 Å². The van der Waals surface area contributed by atoms with Gasteiger partial charge in [-0.15, -0.1) is 0 Å². The van der Waals surface area contributed by atoms with E-state index in [2.05, 4.69) is 52.7 Å². The van der Waals surface area contributed by atoms with Crippen LogP contribution in [0.3, 0.4) is 0 Å². The molecule has 38 heavy (non-hydrogen) atoms. The molecule has 2 aliphatic rings. The predicted octanol–water partition coefficient (Wildman–Crippen LogP) is 4.10. The van der Waals surface area contributed by atoms with Crippen LogP contribution in [0.5, 0.6) is 5.75 Å². The molecule has 200 valence electrons. The number of hydrogen-bond acceptors (Lipinski definition) is 6. The maximum atomic E-state index is 13.5. The minimum absolute atomic E-state index is 0.173. The fraction of sp³-hybridized carbons (Fsp3) is 0.367. The second kappa shape index (κ2) is 12.9. The zero-order valence-corrected chi connectivity index (χ0v) is 21.5. The monoisotopic (exact) mass is 519 g/mol. The van der Waals surface area contributed by atoms with E-state index in [9.17, 15) is 9.18 Å². The normalized spacial score (nSPS) is 17.1. The standard InChI is InChI=1S/C30H34FN3O4/c31-26-5-2-6-27(20-26)32-30(35)22-33-9-12-37-15-16-38-29-8-7-28(34-10-13-36-14-11-34)19-25(29)18-23-3-1-4-24(17-23)21-33/h1-8,17,19-20H,9-16,18,21-22H2,(H,32,35). The molecule has 0 radical (unpaired) electrons. The highest BCUT2D eigenvalue weighted by Crippen LogP contribution is 2.28. The van der Waals surface area contributed by atoms with Crippen LogP contribution in [0.15, 0.2) is 66.7 Å². The van der Waals surface area contributed by atoms with E-state index in [-0.39, 0.29) is 18.3 Å². The maximum absolute atomic E-state index is 13.5. The number of morpholine rings is 1. The average Bonchev–Trinajstić information content (AvgIpc) is 2.91. The van der Waals surface area contributed by atoms with E-state index >= 15 is 0 Å². The van der Waals surface area contributed by atoms with Gasteiger partial charge in [0.25, 0.3) is 0 Å². The van der Waals surface area contributed by atoms with Crippen LogP contribution in [-0.4, -0.2) is 70.0 Å². The molecule has 2 aliphatic heterocycles. The molecule has 0 aromatic heterocycles. The number of benzene rings is 3. The largest absolute Gasteiger partial charge is 0.491 e. The second-order valence-electron chi connectivity index (χ2n) is 9.62. The molecule has 1 saturated heterocycles. The molecular weight excluding hydrogens is 485 g/mol. The molecular formula is C30H34FN3O4. The van der Waals surface area contributed by atoms with Gasteiger partial charge >= 0.3 is 0 Å². The topological polar surface area (TPSA) is 63.3 Å². The molecule has 0 atom stereocenters. The van der Waals surface area contributed by atoms with Gasteiger partial charge in [-0.3, -0.25) is 9.69 Å². The molecule has 8 heteroatoms. The minimum Gasteiger partial charge on any atom is -0.491 e. The number of amides is 1. The zero-order valence-electron chi connectivity index (χ0n) is 21.5. The number of halogens is 1. The first-order valence-electron chi connectivity index (χ1n) is 13.1. The molecule has 0 spiro atoms. The summed E-state index contributed by atoms with van der Waals surface area (Å²) in [5.74, 6) is 0.302. The highest BCUT2D eigenvalue weighted by atomic mass is 19.1. The number of ether oxygens (including phenoxy) is 3. The van der Waals surface area contributed by atoms with Gasteiger partial charge in [-0.1, -0.05) is 30.3 Å². The average molecular weight is 520 g/mol. The Balaban J connectivity index is 1.32. The van der Waals surface area contributed by atoms with Crippen molar-refractivity contribution in [2.45, 2.75) is 13.0 Å². The molecule has 0 unspecified atom stereocenters. The fourth-order valence-corrected chi connectivity index (χ4v) is 4.87. The number of nitrogens with one attached hydrogen (secondary N) is 1. The van der Waals surface area contributed by atoms with Crippen LogP contribution in [0, 0.1) is 5.82 Å². The third-order valence-corrected chi connectivity index (χ3v) is 6.73. The Labute approximate surface area is 223 Å². The van der Waals surface area contributed by atoms with Crippen LogP contribution in [-0.2, 0) is 27.2 Å². The van der Waals surface area contributed by atoms with Gasteiger partial charge in [0.1, 0.15) is 18.2 Å². The molecule has 5 rings (SSSR count). The van der Waals surface area contributed by atoms with Crippen LogP contribution >= 0.6 is 0 Å². The molecule has 1 fully saturated rings. The number of carbonyl (C=O) groups excluding carboxylic acids is 1. The van der Waals surface area contributed by atoms with E-state index in [4.69, 9.17) is 14.2 Å². The summed E-state index contributed by atoms with van der Waals surface area (Å²) >= 11 is 0. The summed E-state index contributed by atoms with van der Waals surface area (Å²) in [4.78, 5) is 17.1. The Hall–Kier alpha value is -3.46. The van der Waals surface area contributed by atoms with Crippen LogP contribution in [0.25, 0.3) is 0 Å². The molecule has 2 heterocycles. The Bertz CT molecular complexity index is 1230. The lowest BCUT2D eigenvalue weighted by Gasteiger charge is -2.29. The molecule has 0 aliphatic carbocycles. The van der Waals surface area contributed by atoms with Crippen molar-refractivity contribution in [1.82, 2.24) is 4.90 Å². The quantitative estimate of drug-likeness (QED) is 0.560. The summed E-state index contributed by atoms with van der Waals surface area (Å²) in [7, 11) is 0. The highest BCUT2D eigenvalue weighted by Gasteiger charge is 2.16. The molecule has 0 saturated carbocycles. The molecule has 3 aromatic carbocycles. The molecule has 7 nitrogen and oxygen atoms in total. The third kappa shape index (κ3) is 7.31. The van der Waals surface area contributed by atoms with E-state index in [1.54, 1.807) is 12.1 Å². The first-order valence-corrected chi connectivity index (χ1v) is 13.1. The first kappa shape index (κ1) is 26.2. The van der Waals surface area contributed by atoms with Crippen molar-refractivity contribution in [1.29, 1.82) is 0 Å². The van der Waals surface area contributed by atoms with Crippen molar-refractivity contribution in [3.63, 3.8) is 0 Å². The summed E-state index contributed by atoms with van der Waals surface area (Å²) in [6.07, 6.45) is 0.738. The van der Waals surface area contributed by atoms with Crippen LogP contribution < -0.4 is 15.0 Å². The van der Waals surface area contributed by atoms with Crippen molar-refractivity contribution in [2.24, 2.45) is 0 Å². The Morgan fingerprint density at radius 3 is 2.50 bits per heavy atom. The fourth-order valence-electron chi connectivity index (χ4n) is 4.87. The Morgan fingerprint density at radius 1 is 0.842 bits per heavy atom. The lowest BCUT2D eigenvalue weighted by molar-refractivity contribution is -0.117. The zero-order chi connectivity index (χ0) is 26.2. The van der Waals surface area contributed by atoms with E-state index in [1.165, 1.54) is 23.4 Å². The summed E-state index contributed by atoms with van der Waals surface area (Å²) in [6, 6.07) is 20.8. The van der Waals surface area contributed by atoms with Crippen molar-refractivity contribution < 1.29 is 23.4 Å². The van der Waals surface area contributed by atoms with Crippen LogP contribution in [0.2, 0.25) is 0 Å². The lowest BCUT2D eigenvalue weighted by atomic mass is 10.0. The Morgan fingerprint density at radius 2 is 1.63 bits per heavy atom. The van der Waals surface area contributed by atoms with Gasteiger partial charge in [-0.2, -0.15) is 0 Å². The van der Waals surface area contributed by atoms with Crippen molar-refractivity contribution in [3.8, 4) is 5.75 Å². The number of fused-ring (bicyclic) bond motifs is 3. The molecule has 1 N–H and O–H groups in total. The number of carbonyl (C=O) groups is 1. The van der Waals surface area contributed by atoms with Gasteiger partial charge in [0.05, 0.1) is 33.0 Å². The molecule has 2 bridgehead atoms. The summed E-state index contributed by atoms with van der Waals surface area (Å²) < 4.78 is 31.0. The SMILES string of the molecule is O=C(CN1CCOCCOc2ccc(N3CCOCC3)cc2Cc2cccc(c2)C1)Nc1cccc(F)c1. The maximum Gasteiger partial charge on any atom is 0.238 e. The number of rotatable bonds is 4. The van der Waals surface area contributed by atoms with E-state index in [0.29, 0.717) is 38.6 Å². The minimum atomic E-state index is -0.382. The summed E-state index contributed by atoms with van der Waals surface area (Å²) in [5.41, 5.74) is 5.06. The summed E-state index contributed by atoms with van der Waals surface area (Å²) in [5, 5.41) is 2.79. The van der Waals surface area contributed by atoms with Crippen molar-refractivity contribution in [3.05, 3.63) is 89.2 Å². The predicted molar refractivity (Wildman–Crippen MR) is 145 cm³/mol. The van der Waals surface area contributed by atoms with Gasteiger partial charge in [-0.25, -0.2) is 4.39 Å². The third-order valence-electron chi connectivity index (χ3n) is 6.73. The van der Waals surface area contributed by atoms with Crippen molar-refractivity contribution >= 4 is 17.3 Å². The molecule has 1 amide bonds. The van der Waals surface area contributed by atoms with Gasteiger partial charge in [0, 0.05) is 49.5 Å². The number of anilines is 2. The van der Waals surface area contributed by atoms with Gasteiger partial charge in [-0.05, 0) is 47.5 Å². The lowest BCUT2D eigenvalue weighted by Crippen LogP contribution is -2.36. The number of nitrogens with zero attached hydrogens (tertiary/aromatic N) is 2. The van der Waals surface area contributed by atoms with Crippen LogP contribution in [0.1, 0.15) is 16.7 Å². The van der Waals surface area contributed by atoms with Crippen molar-refractivity contribution in [2.75, 3.05) is 69.4 Å². The second-order valence-corrected chi connectivity index (χ2v) is 9.62. The summed E-state index contributed by atoms with van der Waals surface area (Å²) in [6.45, 7) is 5.98. The van der Waals surface area contributed by atoms with Gasteiger partial charge in [0.15, 0.2) is 0 Å². The number of hydrogen-bond donors (Lipinski definition) is 1. The Kier molecular flexibility index (Phi) is 8.86. The van der Waals surface area contributed by atoms with E-state index in [1.807, 2.05) is 4.90 Å². The van der Waals surface area contributed by atoms with E-state index in [0.717, 1.165) is 49.6 Å². The van der Waals surface area contributed by atoms with Crippen LogP contribution in [0.4, 0.5) is 15.8 Å². The smallest absolute Gasteiger partial charge is 0.238 e.